The molecule has 1 aliphatic heterocycles. The Morgan fingerprint density at radius 2 is 1.90 bits per heavy atom. The van der Waals surface area contributed by atoms with Crippen molar-refractivity contribution < 1.29 is 9.53 Å². The summed E-state index contributed by atoms with van der Waals surface area (Å²) in [5.41, 5.74) is 0.897. The van der Waals surface area contributed by atoms with Crippen LogP contribution in [0.3, 0.4) is 0 Å². The average molecular weight is 451 g/mol. The van der Waals surface area contributed by atoms with Crippen LogP contribution in [0.25, 0.3) is 6.08 Å². The average Bonchev–Trinajstić information content (AvgIpc) is 2.73. The highest BCUT2D eigenvalue weighted by atomic mass is 35.5. The smallest absolute Gasteiger partial charge is 0.219 e. The van der Waals surface area contributed by atoms with Gasteiger partial charge in [-0.15, -0.1) is 0 Å². The molecule has 0 aromatic heterocycles. The van der Waals surface area contributed by atoms with E-state index < -0.39 is 0 Å². The van der Waals surface area contributed by atoms with Crippen LogP contribution in [0.1, 0.15) is 12.5 Å². The van der Waals surface area contributed by atoms with Crippen molar-refractivity contribution in [3.8, 4) is 5.75 Å². The number of methoxy groups -OCH3 is 1. The van der Waals surface area contributed by atoms with Gasteiger partial charge in [-0.2, -0.15) is 0 Å². The first kappa shape index (κ1) is 22.0. The van der Waals surface area contributed by atoms with E-state index in [-0.39, 0.29) is 5.91 Å². The molecule has 0 bridgehead atoms. The van der Waals surface area contributed by atoms with E-state index in [9.17, 15) is 4.79 Å². The van der Waals surface area contributed by atoms with Crippen molar-refractivity contribution in [1.29, 1.82) is 0 Å². The van der Waals surface area contributed by atoms with Crippen molar-refractivity contribution in [2.75, 3.05) is 39.8 Å². The number of halogens is 2. The van der Waals surface area contributed by atoms with Gasteiger partial charge in [0.1, 0.15) is 5.75 Å². The minimum Gasteiger partial charge on any atom is -0.497 e. The van der Waals surface area contributed by atoms with E-state index >= 15 is 0 Å². The number of carbonyl (C=O) groups is 1. The molecule has 0 radical (unpaired) electrons. The summed E-state index contributed by atoms with van der Waals surface area (Å²) in [4.78, 5) is 17.6. The molecule has 3 rings (SSSR count). The van der Waals surface area contributed by atoms with Gasteiger partial charge in [-0.3, -0.25) is 9.69 Å². The summed E-state index contributed by atoms with van der Waals surface area (Å²) in [5.74, 6) is 0.953. The Kier molecular flexibility index (Phi) is 7.90. The fourth-order valence-electron chi connectivity index (χ4n) is 3.12. The molecule has 1 amide bonds. The van der Waals surface area contributed by atoms with Gasteiger partial charge in [-0.1, -0.05) is 59.2 Å². The highest BCUT2D eigenvalue weighted by Crippen LogP contribution is 2.39. The molecular weight excluding hydrogens is 427 g/mol. The second-order valence-electron chi connectivity index (χ2n) is 6.77. The summed E-state index contributed by atoms with van der Waals surface area (Å²) in [7, 11) is 1.65. The number of hydrogen-bond donors (Lipinski definition) is 0. The zero-order valence-electron chi connectivity index (χ0n) is 16.5. The van der Waals surface area contributed by atoms with Crippen molar-refractivity contribution >= 4 is 46.9 Å². The summed E-state index contributed by atoms with van der Waals surface area (Å²) in [5, 5.41) is 1.11. The zero-order valence-corrected chi connectivity index (χ0v) is 18.9. The number of carbonyl (C=O) groups excluding carboxylic acids is 1. The first-order valence-corrected chi connectivity index (χ1v) is 11.0. The van der Waals surface area contributed by atoms with Crippen LogP contribution in [0.2, 0.25) is 10.0 Å². The van der Waals surface area contributed by atoms with E-state index in [4.69, 9.17) is 27.9 Å². The fraction of sp³-hybridized carbons (Fsp3) is 0.318. The third-order valence-corrected chi connectivity index (χ3v) is 6.88. The number of hydrogen-bond acceptors (Lipinski definition) is 4. The lowest BCUT2D eigenvalue weighted by atomic mass is 10.2. The van der Waals surface area contributed by atoms with E-state index in [0.717, 1.165) is 53.8 Å². The third-order valence-electron chi connectivity index (χ3n) is 4.82. The fourth-order valence-corrected chi connectivity index (χ4v) is 4.59. The largest absolute Gasteiger partial charge is 0.497 e. The Morgan fingerprint density at radius 1 is 1.14 bits per heavy atom. The van der Waals surface area contributed by atoms with Crippen LogP contribution in [-0.4, -0.2) is 55.5 Å². The van der Waals surface area contributed by atoms with Crippen LogP contribution < -0.4 is 4.74 Å². The van der Waals surface area contributed by atoms with Crippen molar-refractivity contribution in [1.82, 2.24) is 9.80 Å². The summed E-state index contributed by atoms with van der Waals surface area (Å²) in [6.07, 6.45) is 4.10. The minimum absolute atomic E-state index is 0.147. The van der Waals surface area contributed by atoms with Crippen molar-refractivity contribution in [2.45, 2.75) is 16.7 Å². The zero-order chi connectivity index (χ0) is 20.8. The maximum atomic E-state index is 11.4. The Morgan fingerprint density at radius 3 is 2.59 bits per heavy atom. The van der Waals surface area contributed by atoms with Gasteiger partial charge < -0.3 is 9.64 Å². The van der Waals surface area contributed by atoms with Crippen LogP contribution in [0.15, 0.2) is 52.3 Å². The lowest BCUT2D eigenvalue weighted by molar-refractivity contribution is -0.130. The SMILES string of the molecule is COc1cccc(Sc2ccc(C=CCN3CCN(C(C)=O)CC3)c(Cl)c2Cl)c1. The topological polar surface area (TPSA) is 32.8 Å². The molecule has 0 unspecified atom stereocenters. The number of rotatable bonds is 6. The van der Waals surface area contributed by atoms with Crippen LogP contribution in [0.5, 0.6) is 5.75 Å². The molecule has 0 atom stereocenters. The summed E-state index contributed by atoms with van der Waals surface area (Å²) in [6, 6.07) is 11.8. The van der Waals surface area contributed by atoms with E-state index in [1.807, 2.05) is 47.4 Å². The summed E-state index contributed by atoms with van der Waals surface area (Å²) in [6.45, 7) is 5.78. The van der Waals surface area contributed by atoms with Crippen LogP contribution in [-0.2, 0) is 4.79 Å². The predicted molar refractivity (Wildman–Crippen MR) is 121 cm³/mol. The molecule has 0 aliphatic carbocycles. The molecular formula is C22H24Cl2N2O2S. The Bertz CT molecular complexity index is 896. The van der Waals surface area contributed by atoms with Gasteiger partial charge >= 0.3 is 0 Å². The van der Waals surface area contributed by atoms with Crippen LogP contribution in [0.4, 0.5) is 0 Å². The second kappa shape index (κ2) is 10.4. The number of ether oxygens (including phenoxy) is 1. The normalized spacial score (nSPS) is 15.1. The molecule has 0 N–H and O–H groups in total. The lowest BCUT2D eigenvalue weighted by Gasteiger charge is -2.33. The molecule has 154 valence electrons. The predicted octanol–water partition coefficient (Wildman–Crippen LogP) is 5.33. The molecule has 1 heterocycles. The van der Waals surface area contributed by atoms with Gasteiger partial charge in [-0.05, 0) is 29.8 Å². The van der Waals surface area contributed by atoms with Gasteiger partial charge in [0.15, 0.2) is 0 Å². The van der Waals surface area contributed by atoms with E-state index in [2.05, 4.69) is 11.0 Å². The molecule has 4 nitrogen and oxygen atoms in total. The van der Waals surface area contributed by atoms with Crippen LogP contribution in [0, 0.1) is 0 Å². The van der Waals surface area contributed by atoms with Crippen molar-refractivity contribution in [3.63, 3.8) is 0 Å². The van der Waals surface area contributed by atoms with Crippen molar-refractivity contribution in [3.05, 3.63) is 58.1 Å². The molecule has 29 heavy (non-hydrogen) atoms. The molecule has 0 spiro atoms. The molecule has 0 saturated carbocycles. The summed E-state index contributed by atoms with van der Waals surface area (Å²) < 4.78 is 5.27. The van der Waals surface area contributed by atoms with E-state index in [1.165, 1.54) is 0 Å². The second-order valence-corrected chi connectivity index (χ2v) is 8.64. The Labute approximate surface area is 186 Å². The number of nitrogens with zero attached hydrogens (tertiary/aromatic N) is 2. The lowest BCUT2D eigenvalue weighted by Crippen LogP contribution is -2.47. The standard InChI is InChI=1S/C22H24Cl2N2O2S/c1-16(27)26-13-11-25(12-14-26)10-4-5-17-8-9-20(22(24)21(17)23)29-19-7-3-6-18(15-19)28-2/h3-9,15H,10-14H2,1-2H3. The molecule has 1 fully saturated rings. The molecule has 1 aliphatic rings. The molecule has 1 saturated heterocycles. The number of piperazine rings is 1. The van der Waals surface area contributed by atoms with Crippen LogP contribution >= 0.6 is 35.0 Å². The quantitative estimate of drug-likeness (QED) is 0.595. The van der Waals surface area contributed by atoms with Gasteiger partial charge in [0.25, 0.3) is 0 Å². The van der Waals surface area contributed by atoms with Gasteiger partial charge in [0.2, 0.25) is 5.91 Å². The summed E-state index contributed by atoms with van der Waals surface area (Å²) >= 11 is 14.6. The van der Waals surface area contributed by atoms with Gasteiger partial charge in [-0.25, -0.2) is 0 Å². The first-order chi connectivity index (χ1) is 14.0. The van der Waals surface area contributed by atoms with E-state index in [1.54, 1.807) is 25.8 Å². The highest BCUT2D eigenvalue weighted by molar-refractivity contribution is 7.99. The highest BCUT2D eigenvalue weighted by Gasteiger charge is 2.17. The molecule has 2 aromatic rings. The number of benzene rings is 2. The third kappa shape index (κ3) is 5.92. The first-order valence-electron chi connectivity index (χ1n) is 9.42. The van der Waals surface area contributed by atoms with Crippen molar-refractivity contribution in [2.24, 2.45) is 0 Å². The van der Waals surface area contributed by atoms with Gasteiger partial charge in [0, 0.05) is 49.4 Å². The Hall–Kier alpha value is -1.66. The minimum atomic E-state index is 0.147. The molecule has 2 aromatic carbocycles. The Balaban J connectivity index is 1.62. The maximum Gasteiger partial charge on any atom is 0.219 e. The monoisotopic (exact) mass is 450 g/mol. The van der Waals surface area contributed by atoms with E-state index in [0.29, 0.717) is 10.0 Å². The maximum absolute atomic E-state index is 11.4. The molecule has 7 heteroatoms. The van der Waals surface area contributed by atoms with Gasteiger partial charge in [0.05, 0.1) is 17.2 Å². The number of amides is 1.